The van der Waals surface area contributed by atoms with Gasteiger partial charge >= 0.3 is 0 Å². The quantitative estimate of drug-likeness (QED) is 0.112. The second-order valence-electron chi connectivity index (χ2n) is 15.0. The molecule has 0 N–H and O–H groups in total. The lowest BCUT2D eigenvalue weighted by atomic mass is 9.68. The van der Waals surface area contributed by atoms with E-state index in [1.807, 2.05) is 38.1 Å². The van der Waals surface area contributed by atoms with Gasteiger partial charge in [0.15, 0.2) is 17.5 Å². The zero-order valence-electron chi connectivity index (χ0n) is 34.9. The molecule has 282 valence electrons. The van der Waals surface area contributed by atoms with Crippen molar-refractivity contribution in [1.82, 2.24) is 0 Å². The zero-order chi connectivity index (χ0) is 39.7. The largest absolute Gasteiger partial charge is 0.310 e. The average molecular weight is 727 g/mol. The summed E-state index contributed by atoms with van der Waals surface area (Å²) in [5.41, 5.74) is 10.6. The monoisotopic (exact) mass is 726 g/mol. The van der Waals surface area contributed by atoms with Gasteiger partial charge in [0.05, 0.1) is 17.3 Å². The minimum absolute atomic E-state index is 0.0230. The molecule has 0 aromatic heterocycles. The fourth-order valence-electron chi connectivity index (χ4n) is 8.08. The maximum absolute atomic E-state index is 9.78. The molecule has 0 saturated carbocycles. The summed E-state index contributed by atoms with van der Waals surface area (Å²) < 4.78 is 2.64. The van der Waals surface area contributed by atoms with Crippen molar-refractivity contribution in [1.29, 1.82) is 5.26 Å². The molecule has 5 aromatic rings. The fourth-order valence-corrected chi connectivity index (χ4v) is 8.08. The number of nitriles is 1. The number of nitrogens with zero attached hydrogens (tertiary/aromatic N) is 3. The summed E-state index contributed by atoms with van der Waals surface area (Å²) in [6.07, 6.45) is 18.1. The van der Waals surface area contributed by atoms with Gasteiger partial charge in [-0.15, -0.1) is 0 Å². The molecule has 0 amide bonds. The van der Waals surface area contributed by atoms with E-state index in [1.54, 1.807) is 0 Å². The van der Waals surface area contributed by atoms with Gasteiger partial charge < -0.3 is 4.90 Å². The van der Waals surface area contributed by atoms with Gasteiger partial charge in [-0.3, -0.25) is 0 Å². The highest BCUT2D eigenvalue weighted by Gasteiger charge is 2.57. The van der Waals surface area contributed by atoms with Crippen LogP contribution >= 0.6 is 0 Å². The van der Waals surface area contributed by atoms with Gasteiger partial charge in [0.1, 0.15) is 5.41 Å². The molecule has 55 heavy (non-hydrogen) atoms. The third-order valence-electron chi connectivity index (χ3n) is 10.8. The molecule has 1 atom stereocenters. The molecule has 5 aromatic carbocycles. The van der Waals surface area contributed by atoms with Gasteiger partial charge in [0.2, 0.25) is 0 Å². The summed E-state index contributed by atoms with van der Waals surface area (Å²) >= 11 is 0. The lowest BCUT2D eigenvalue weighted by Gasteiger charge is -2.42. The Morgan fingerprint density at radius 1 is 0.855 bits per heavy atom. The molecular weight excluding hydrogens is 667 g/mol. The number of para-hydroxylation sites is 1. The van der Waals surface area contributed by atoms with E-state index in [0.29, 0.717) is 5.56 Å². The van der Waals surface area contributed by atoms with Gasteiger partial charge in [-0.2, -0.15) is 9.84 Å². The Hall–Kier alpha value is -5.46. The first-order valence-electron chi connectivity index (χ1n) is 20.3. The third-order valence-corrected chi connectivity index (χ3v) is 10.8. The Morgan fingerprint density at radius 3 is 2.22 bits per heavy atom. The van der Waals surface area contributed by atoms with Crippen molar-refractivity contribution in [3.63, 3.8) is 0 Å². The van der Waals surface area contributed by atoms with Crippen LogP contribution in [-0.2, 0) is 6.42 Å². The Balaban J connectivity index is 0.000000909. The van der Waals surface area contributed by atoms with Crippen molar-refractivity contribution in [2.24, 2.45) is 5.41 Å². The highest BCUT2D eigenvalue weighted by atomic mass is 15.2. The summed E-state index contributed by atoms with van der Waals surface area (Å²) in [6.45, 7) is 21.7. The number of hydrogen-bond acceptors (Lipinski definition) is 2. The Bertz CT molecular complexity index is 2390. The van der Waals surface area contributed by atoms with Crippen molar-refractivity contribution < 1.29 is 4.58 Å². The van der Waals surface area contributed by atoms with Crippen LogP contribution in [0.4, 0.5) is 17.1 Å². The van der Waals surface area contributed by atoms with Crippen LogP contribution in [0.3, 0.4) is 0 Å². The molecule has 3 heteroatoms. The van der Waals surface area contributed by atoms with E-state index >= 15 is 0 Å². The van der Waals surface area contributed by atoms with Crippen molar-refractivity contribution in [2.75, 3.05) is 4.90 Å². The second kappa shape index (κ2) is 18.2. The minimum Gasteiger partial charge on any atom is -0.310 e. The van der Waals surface area contributed by atoms with Crippen LogP contribution in [-0.4, -0.2) is 16.3 Å². The number of unbranched alkanes of at least 4 members (excludes halogenated alkanes) is 1. The summed E-state index contributed by atoms with van der Waals surface area (Å²) in [6, 6.07) is 34.8. The molecule has 0 saturated heterocycles. The molecule has 2 aliphatic rings. The molecular formula is C52H60N3+. The maximum atomic E-state index is 9.78. The number of hydrogen-bond donors (Lipinski definition) is 0. The zero-order valence-corrected chi connectivity index (χ0v) is 34.9. The van der Waals surface area contributed by atoms with Crippen molar-refractivity contribution in [3.8, 4) is 6.07 Å². The maximum Gasteiger partial charge on any atom is 0.198 e. The summed E-state index contributed by atoms with van der Waals surface area (Å²) in [4.78, 5) is 2.29. The lowest BCUT2D eigenvalue weighted by molar-refractivity contribution is -0.525. The molecule has 1 heterocycles. The molecule has 1 aliphatic heterocycles. The van der Waals surface area contributed by atoms with Gasteiger partial charge in [-0.25, -0.2) is 0 Å². The van der Waals surface area contributed by atoms with Crippen LogP contribution in [0.5, 0.6) is 0 Å². The first kappa shape index (κ1) is 40.7. The first-order chi connectivity index (χ1) is 26.7. The molecule has 0 bridgehead atoms. The van der Waals surface area contributed by atoms with Crippen LogP contribution in [0.25, 0.3) is 27.2 Å². The van der Waals surface area contributed by atoms with E-state index in [0.717, 1.165) is 29.9 Å². The van der Waals surface area contributed by atoms with E-state index in [2.05, 4.69) is 174 Å². The van der Waals surface area contributed by atoms with Gasteiger partial charge in [0, 0.05) is 40.0 Å². The number of benzene rings is 5. The number of aryl methyl sites for hydroxylation is 1. The fraction of sp³-hybridized carbons (Fsp3) is 0.308. The van der Waals surface area contributed by atoms with E-state index in [4.69, 9.17) is 0 Å². The number of anilines is 3. The summed E-state index contributed by atoms with van der Waals surface area (Å²) in [5, 5.41) is 16.2. The van der Waals surface area contributed by atoms with E-state index in [-0.39, 0.29) is 11.5 Å². The number of allylic oxidation sites excluding steroid dienone is 6. The van der Waals surface area contributed by atoms with Gasteiger partial charge in [0.25, 0.3) is 0 Å². The molecule has 0 radical (unpaired) electrons. The Labute approximate surface area is 331 Å². The van der Waals surface area contributed by atoms with Crippen LogP contribution < -0.4 is 10.1 Å². The second-order valence-corrected chi connectivity index (χ2v) is 15.0. The van der Waals surface area contributed by atoms with Gasteiger partial charge in [-0.1, -0.05) is 125 Å². The summed E-state index contributed by atoms with van der Waals surface area (Å²) in [7, 11) is 0. The van der Waals surface area contributed by atoms with Crippen LogP contribution in [0, 0.1) is 16.7 Å². The van der Waals surface area contributed by atoms with E-state index in [1.165, 1.54) is 67.7 Å². The standard InChI is InChI=1S/C46H44N3.C4H10.C2H6/c1-7-14-33(8-2)45-46(5,6)42(20-12-15-31(3)4)49(45)41-28-24-35-21-25-38-40(27-23-34-22-26-39(41)44(35)43(34)38)48(36-17-10-9-11-18-36)37-19-13-16-32(29-37)30-47;1-3-4-2;1-2/h7-23,25-27,29,45H,24,28H2,1-6H3;3-4H2,1-2H3;1-2H3/q+1;;/b14-7-,20-12-,33-8+;;. The smallest absolute Gasteiger partial charge is 0.198 e. The Kier molecular flexibility index (Phi) is 13.5. The normalized spacial score (nSPS) is 16.0. The van der Waals surface area contributed by atoms with Crippen LogP contribution in [0.1, 0.15) is 99.6 Å². The minimum atomic E-state index is -0.0230. The van der Waals surface area contributed by atoms with Crippen molar-refractivity contribution in [2.45, 2.75) is 101 Å². The molecule has 7 rings (SSSR count). The van der Waals surface area contributed by atoms with Crippen molar-refractivity contribution in [3.05, 3.63) is 155 Å². The summed E-state index contributed by atoms with van der Waals surface area (Å²) in [5.74, 6) is 0. The number of rotatable bonds is 9. The molecule has 1 unspecified atom stereocenters. The Morgan fingerprint density at radius 2 is 1.56 bits per heavy atom. The third kappa shape index (κ3) is 8.01. The topological polar surface area (TPSA) is 30.0 Å². The highest BCUT2D eigenvalue weighted by molar-refractivity contribution is 6.17. The van der Waals surface area contributed by atoms with Crippen molar-refractivity contribution >= 4 is 50.0 Å². The molecule has 1 aliphatic carbocycles. The first-order valence-corrected chi connectivity index (χ1v) is 20.3. The van der Waals surface area contributed by atoms with E-state index < -0.39 is 0 Å². The van der Waals surface area contributed by atoms with Gasteiger partial charge in [-0.05, 0) is 112 Å². The van der Waals surface area contributed by atoms with Crippen LogP contribution in [0.15, 0.2) is 139 Å². The van der Waals surface area contributed by atoms with E-state index in [9.17, 15) is 5.26 Å². The molecule has 0 spiro atoms. The highest BCUT2D eigenvalue weighted by Crippen LogP contribution is 2.45. The predicted octanol–water partition coefficient (Wildman–Crippen LogP) is 13.8. The average Bonchev–Trinajstić information content (AvgIpc) is 3.22. The molecule has 0 fully saturated rings. The predicted molar refractivity (Wildman–Crippen MR) is 240 cm³/mol. The lowest BCUT2D eigenvalue weighted by Crippen LogP contribution is -2.59. The molecule has 3 nitrogen and oxygen atoms in total. The SMILES string of the molecule is C/C=C\C(=C/C)C1[N+](C2=c3ccc4ccc(N(c5ccccc5)c5cccc(C#N)c5)c5ccc(c3c45)CC2)=C(/C=C\C=C(C)C)C1(C)C.CC.CCCC. The van der Waals surface area contributed by atoms with Crippen LogP contribution in [0.2, 0.25) is 0 Å².